The maximum absolute atomic E-state index is 12.2. The van der Waals surface area contributed by atoms with Crippen molar-refractivity contribution >= 4 is 46.3 Å². The molecule has 0 fully saturated rings. The molecule has 0 atom stereocenters. The van der Waals surface area contributed by atoms with Crippen LogP contribution in [0.2, 0.25) is 10.0 Å². The molecule has 3 aromatic rings. The van der Waals surface area contributed by atoms with Gasteiger partial charge < -0.3 is 10.6 Å². The summed E-state index contributed by atoms with van der Waals surface area (Å²) in [5.41, 5.74) is 2.94. The first-order valence-corrected chi connectivity index (χ1v) is 8.33. The zero-order chi connectivity index (χ0) is 17.8. The van der Waals surface area contributed by atoms with Crippen molar-refractivity contribution in [3.05, 3.63) is 82.0 Å². The second kappa shape index (κ2) is 7.55. The molecule has 25 heavy (non-hydrogen) atoms. The Bertz CT molecular complexity index is 911. The third-order valence-corrected chi connectivity index (χ3v) is 4.17. The number of halogens is 2. The van der Waals surface area contributed by atoms with Gasteiger partial charge in [0.15, 0.2) is 0 Å². The molecule has 0 aliphatic rings. The first-order chi connectivity index (χ1) is 12.0. The van der Waals surface area contributed by atoms with E-state index in [-0.39, 0.29) is 5.91 Å². The fourth-order valence-corrected chi connectivity index (χ4v) is 2.65. The van der Waals surface area contributed by atoms with Crippen LogP contribution >= 0.6 is 23.2 Å². The van der Waals surface area contributed by atoms with Crippen LogP contribution in [0, 0.1) is 6.92 Å². The number of anilines is 3. The van der Waals surface area contributed by atoms with Gasteiger partial charge in [0.1, 0.15) is 5.82 Å². The number of hydrogen-bond acceptors (Lipinski definition) is 3. The molecule has 1 heterocycles. The first-order valence-electron chi connectivity index (χ1n) is 7.58. The van der Waals surface area contributed by atoms with Crippen LogP contribution in [0.4, 0.5) is 17.2 Å². The number of carbonyl (C=O) groups excluding carboxylic acids is 1. The predicted octanol–water partition coefficient (Wildman–Crippen LogP) is 5.69. The number of aromatic nitrogens is 1. The van der Waals surface area contributed by atoms with E-state index < -0.39 is 0 Å². The number of nitrogens with zero attached hydrogens (tertiary/aromatic N) is 1. The van der Waals surface area contributed by atoms with Gasteiger partial charge in [-0.2, -0.15) is 0 Å². The predicted molar refractivity (Wildman–Crippen MR) is 103 cm³/mol. The Hall–Kier alpha value is -2.56. The molecule has 0 spiro atoms. The summed E-state index contributed by atoms with van der Waals surface area (Å²) < 4.78 is 0. The molecule has 3 rings (SSSR count). The maximum Gasteiger partial charge on any atom is 0.257 e. The second-order valence-corrected chi connectivity index (χ2v) is 6.29. The minimum Gasteiger partial charge on any atom is -0.340 e. The number of benzene rings is 2. The zero-order valence-corrected chi connectivity index (χ0v) is 14.9. The number of carbonyl (C=O) groups is 1. The number of amides is 1. The summed E-state index contributed by atoms with van der Waals surface area (Å²) in [4.78, 5) is 16.6. The highest BCUT2D eigenvalue weighted by Gasteiger charge is 2.10. The van der Waals surface area contributed by atoms with Gasteiger partial charge in [-0.15, -0.1) is 0 Å². The van der Waals surface area contributed by atoms with Crippen molar-refractivity contribution in [1.29, 1.82) is 0 Å². The van der Waals surface area contributed by atoms with Crippen molar-refractivity contribution in [2.24, 2.45) is 0 Å². The highest BCUT2D eigenvalue weighted by Crippen LogP contribution is 2.24. The molecule has 1 aromatic heterocycles. The third-order valence-electron chi connectivity index (χ3n) is 3.60. The van der Waals surface area contributed by atoms with E-state index in [1.807, 2.05) is 25.1 Å². The van der Waals surface area contributed by atoms with Gasteiger partial charge in [-0.05, 0) is 48.9 Å². The van der Waals surface area contributed by atoms with E-state index in [1.165, 1.54) is 0 Å². The lowest BCUT2D eigenvalue weighted by atomic mass is 10.2. The fourth-order valence-electron chi connectivity index (χ4n) is 2.25. The minimum absolute atomic E-state index is 0.279. The van der Waals surface area contributed by atoms with Gasteiger partial charge in [-0.3, -0.25) is 4.79 Å². The van der Waals surface area contributed by atoms with Gasteiger partial charge >= 0.3 is 0 Å². The number of aryl methyl sites for hydroxylation is 1. The molecule has 0 bridgehead atoms. The quantitative estimate of drug-likeness (QED) is 0.618. The largest absolute Gasteiger partial charge is 0.340 e. The fraction of sp³-hybridized carbons (Fsp3) is 0.0526. The molecular formula is C19H15Cl2N3O. The molecule has 0 radical (unpaired) electrons. The summed E-state index contributed by atoms with van der Waals surface area (Å²) in [6, 6.07) is 16.0. The van der Waals surface area contributed by atoms with Gasteiger partial charge in [0.25, 0.3) is 5.91 Å². The molecule has 6 heteroatoms. The van der Waals surface area contributed by atoms with E-state index in [4.69, 9.17) is 23.2 Å². The molecule has 126 valence electrons. The van der Waals surface area contributed by atoms with E-state index in [1.54, 1.807) is 42.6 Å². The van der Waals surface area contributed by atoms with Gasteiger partial charge in [0.2, 0.25) is 0 Å². The van der Waals surface area contributed by atoms with Crippen molar-refractivity contribution in [1.82, 2.24) is 4.98 Å². The van der Waals surface area contributed by atoms with E-state index in [9.17, 15) is 4.79 Å². The smallest absolute Gasteiger partial charge is 0.257 e. The van der Waals surface area contributed by atoms with Crippen LogP contribution in [-0.2, 0) is 0 Å². The molecule has 0 unspecified atom stereocenters. The van der Waals surface area contributed by atoms with Crippen LogP contribution in [0.3, 0.4) is 0 Å². The lowest BCUT2D eigenvalue weighted by molar-refractivity contribution is 0.102. The molecule has 4 nitrogen and oxygen atoms in total. The summed E-state index contributed by atoms with van der Waals surface area (Å²) >= 11 is 12.0. The maximum atomic E-state index is 12.2. The van der Waals surface area contributed by atoms with E-state index >= 15 is 0 Å². The van der Waals surface area contributed by atoms with Crippen LogP contribution in [0.5, 0.6) is 0 Å². The van der Waals surface area contributed by atoms with Crippen LogP contribution in [0.15, 0.2) is 60.8 Å². The average Bonchev–Trinajstić information content (AvgIpc) is 2.60. The van der Waals surface area contributed by atoms with Gasteiger partial charge in [0, 0.05) is 10.7 Å². The van der Waals surface area contributed by atoms with Gasteiger partial charge in [-0.1, -0.05) is 41.4 Å². The SMILES string of the molecule is Cc1ccc(Cl)cc1Nc1ccc(NC(=O)c2ccccc2Cl)cn1. The first kappa shape index (κ1) is 17.3. The summed E-state index contributed by atoms with van der Waals surface area (Å²) in [6.45, 7) is 1.98. The van der Waals surface area contributed by atoms with Crippen molar-refractivity contribution in [2.75, 3.05) is 10.6 Å². The third kappa shape index (κ3) is 4.29. The van der Waals surface area contributed by atoms with Gasteiger partial charge in [0.05, 0.1) is 22.5 Å². The highest BCUT2D eigenvalue weighted by molar-refractivity contribution is 6.34. The Morgan fingerprint density at radius 3 is 2.56 bits per heavy atom. The van der Waals surface area contributed by atoms with E-state index in [0.717, 1.165) is 11.3 Å². The average molecular weight is 372 g/mol. The Labute approximate surface area is 155 Å². The molecular weight excluding hydrogens is 357 g/mol. The van der Waals surface area contributed by atoms with E-state index in [2.05, 4.69) is 15.6 Å². The summed E-state index contributed by atoms with van der Waals surface area (Å²) in [5, 5.41) is 7.04. The number of rotatable bonds is 4. The zero-order valence-electron chi connectivity index (χ0n) is 13.4. The van der Waals surface area contributed by atoms with Crippen molar-refractivity contribution in [3.63, 3.8) is 0 Å². The summed E-state index contributed by atoms with van der Waals surface area (Å²) in [7, 11) is 0. The van der Waals surface area contributed by atoms with Crippen LogP contribution in [0.1, 0.15) is 15.9 Å². The Balaban J connectivity index is 1.71. The van der Waals surface area contributed by atoms with Crippen molar-refractivity contribution < 1.29 is 4.79 Å². The number of hydrogen-bond donors (Lipinski definition) is 2. The molecule has 2 aromatic carbocycles. The Kier molecular flexibility index (Phi) is 5.22. The topological polar surface area (TPSA) is 54.0 Å². The Morgan fingerprint density at radius 1 is 1.04 bits per heavy atom. The lowest BCUT2D eigenvalue weighted by Gasteiger charge is -2.10. The van der Waals surface area contributed by atoms with Crippen LogP contribution in [0.25, 0.3) is 0 Å². The van der Waals surface area contributed by atoms with E-state index in [0.29, 0.717) is 27.1 Å². The molecule has 0 aliphatic carbocycles. The normalized spacial score (nSPS) is 10.4. The summed E-state index contributed by atoms with van der Waals surface area (Å²) in [5.74, 6) is 0.375. The molecule has 0 saturated heterocycles. The van der Waals surface area contributed by atoms with Crippen LogP contribution < -0.4 is 10.6 Å². The standard InChI is InChI=1S/C19H15Cl2N3O/c1-12-6-7-13(20)10-17(12)24-18-9-8-14(11-22-18)23-19(25)15-4-2-3-5-16(15)21/h2-11H,1H3,(H,22,24)(H,23,25). The highest BCUT2D eigenvalue weighted by atomic mass is 35.5. The van der Waals surface area contributed by atoms with Crippen LogP contribution in [-0.4, -0.2) is 10.9 Å². The molecule has 1 amide bonds. The summed E-state index contributed by atoms with van der Waals surface area (Å²) in [6.07, 6.45) is 1.58. The Morgan fingerprint density at radius 2 is 1.84 bits per heavy atom. The van der Waals surface area contributed by atoms with Crippen molar-refractivity contribution in [2.45, 2.75) is 6.92 Å². The minimum atomic E-state index is -0.279. The molecule has 2 N–H and O–H groups in total. The number of pyridine rings is 1. The number of nitrogens with one attached hydrogen (secondary N) is 2. The molecule has 0 aliphatic heterocycles. The monoisotopic (exact) mass is 371 g/mol. The van der Waals surface area contributed by atoms with Crippen molar-refractivity contribution in [3.8, 4) is 0 Å². The van der Waals surface area contributed by atoms with Gasteiger partial charge in [-0.25, -0.2) is 4.98 Å². The molecule has 0 saturated carbocycles. The lowest BCUT2D eigenvalue weighted by Crippen LogP contribution is -2.12. The second-order valence-electron chi connectivity index (χ2n) is 5.45.